The Hall–Kier alpha value is -2.44. The molecule has 1 aliphatic rings. The Kier molecular flexibility index (Phi) is 7.11. The summed E-state index contributed by atoms with van der Waals surface area (Å²) in [6.45, 7) is 0.351. The largest absolute Gasteiger partial charge is 0.488 e. The predicted octanol–water partition coefficient (Wildman–Crippen LogP) is 7.46. The first-order valence-corrected chi connectivity index (χ1v) is 11.5. The van der Waals surface area contributed by atoms with Crippen LogP contribution in [0.3, 0.4) is 0 Å². The molecule has 0 saturated carbocycles. The van der Waals surface area contributed by atoms with Crippen molar-refractivity contribution in [3.63, 3.8) is 0 Å². The van der Waals surface area contributed by atoms with Crippen LogP contribution in [0.4, 0.5) is 4.79 Å². The van der Waals surface area contributed by atoms with Crippen LogP contribution in [-0.2, 0) is 17.9 Å². The average molecular weight is 505 g/mol. The highest BCUT2D eigenvalue weighted by Crippen LogP contribution is 2.36. The molecular formula is C24H16Cl3NO3S. The molecule has 3 aromatic rings. The fourth-order valence-corrected chi connectivity index (χ4v) is 4.56. The van der Waals surface area contributed by atoms with Crippen molar-refractivity contribution < 1.29 is 14.3 Å². The second-order valence-electron chi connectivity index (χ2n) is 6.92. The van der Waals surface area contributed by atoms with Crippen LogP contribution < -0.4 is 4.74 Å². The number of amides is 2. The van der Waals surface area contributed by atoms with Crippen molar-refractivity contribution in [2.75, 3.05) is 0 Å². The average Bonchev–Trinajstić information content (AvgIpc) is 3.04. The molecule has 32 heavy (non-hydrogen) atoms. The van der Waals surface area contributed by atoms with Crippen molar-refractivity contribution in [1.82, 2.24) is 4.90 Å². The summed E-state index contributed by atoms with van der Waals surface area (Å²) in [6.07, 6.45) is 1.66. The SMILES string of the molecule is O=C1S/C(=C/c2ccccc2OCc2ccc(Cl)cc2)C(=O)N1Cc1c(Cl)cccc1Cl. The lowest BCUT2D eigenvalue weighted by molar-refractivity contribution is -0.123. The van der Waals surface area contributed by atoms with Gasteiger partial charge in [0, 0.05) is 26.2 Å². The molecule has 4 rings (SSSR count). The second kappa shape index (κ2) is 10.0. The van der Waals surface area contributed by atoms with E-state index in [-0.39, 0.29) is 11.8 Å². The number of nitrogens with zero attached hydrogens (tertiary/aromatic N) is 1. The van der Waals surface area contributed by atoms with Gasteiger partial charge in [0.15, 0.2) is 0 Å². The number of imide groups is 1. The zero-order valence-corrected chi connectivity index (χ0v) is 19.6. The van der Waals surface area contributed by atoms with E-state index in [2.05, 4.69) is 0 Å². The van der Waals surface area contributed by atoms with Crippen LogP contribution in [0.5, 0.6) is 5.75 Å². The Bertz CT molecular complexity index is 1190. The van der Waals surface area contributed by atoms with E-state index in [1.165, 1.54) is 0 Å². The lowest BCUT2D eigenvalue weighted by atomic mass is 10.1. The quantitative estimate of drug-likeness (QED) is 0.327. The van der Waals surface area contributed by atoms with E-state index < -0.39 is 5.91 Å². The fourth-order valence-electron chi connectivity index (χ4n) is 3.09. The van der Waals surface area contributed by atoms with Gasteiger partial charge in [0.2, 0.25) is 0 Å². The van der Waals surface area contributed by atoms with Gasteiger partial charge in [0.05, 0.1) is 11.4 Å². The van der Waals surface area contributed by atoms with E-state index >= 15 is 0 Å². The molecular weight excluding hydrogens is 489 g/mol. The van der Waals surface area contributed by atoms with E-state index in [1.54, 1.807) is 36.4 Å². The standard InChI is InChI=1S/C24H16Cl3NO3S/c25-17-10-8-15(9-11-17)14-31-21-7-2-1-4-16(21)12-22-23(29)28(24(30)32-22)13-18-19(26)5-3-6-20(18)27/h1-12H,13-14H2/b22-12+. The fraction of sp³-hybridized carbons (Fsp3) is 0.0833. The summed E-state index contributed by atoms with van der Waals surface area (Å²) in [7, 11) is 0. The van der Waals surface area contributed by atoms with Gasteiger partial charge in [-0.1, -0.05) is 71.2 Å². The number of ether oxygens (including phenoxy) is 1. The molecule has 0 N–H and O–H groups in total. The van der Waals surface area contributed by atoms with Crippen LogP contribution in [0.25, 0.3) is 6.08 Å². The van der Waals surface area contributed by atoms with Crippen molar-refractivity contribution in [3.8, 4) is 5.75 Å². The normalized spacial score (nSPS) is 15.0. The van der Waals surface area contributed by atoms with Crippen LogP contribution in [0.15, 0.2) is 71.6 Å². The van der Waals surface area contributed by atoms with Crippen molar-refractivity contribution in [2.45, 2.75) is 13.2 Å². The summed E-state index contributed by atoms with van der Waals surface area (Å²) in [5.74, 6) is 0.201. The molecule has 0 radical (unpaired) electrons. The van der Waals surface area contributed by atoms with Crippen LogP contribution in [0, 0.1) is 0 Å². The Morgan fingerprint density at radius 1 is 0.875 bits per heavy atom. The van der Waals surface area contributed by atoms with Crippen molar-refractivity contribution in [1.29, 1.82) is 0 Å². The number of hydrogen-bond acceptors (Lipinski definition) is 4. The van der Waals surface area contributed by atoms with Crippen LogP contribution in [0.1, 0.15) is 16.7 Å². The summed E-state index contributed by atoms with van der Waals surface area (Å²) in [5.41, 5.74) is 2.19. The van der Waals surface area contributed by atoms with Gasteiger partial charge in [-0.05, 0) is 53.7 Å². The lowest BCUT2D eigenvalue weighted by Gasteiger charge is -2.14. The topological polar surface area (TPSA) is 46.6 Å². The number of carbonyl (C=O) groups excluding carboxylic acids is 2. The third-order valence-corrected chi connectivity index (χ3v) is 6.63. The molecule has 0 unspecified atom stereocenters. The van der Waals surface area contributed by atoms with Gasteiger partial charge in [-0.15, -0.1) is 0 Å². The van der Waals surface area contributed by atoms with Crippen molar-refractivity contribution in [2.24, 2.45) is 0 Å². The number of benzene rings is 3. The van der Waals surface area contributed by atoms with Gasteiger partial charge in [-0.25, -0.2) is 0 Å². The highest BCUT2D eigenvalue weighted by atomic mass is 35.5. The number of thioether (sulfide) groups is 1. The Labute approximate surface area is 204 Å². The van der Waals surface area contributed by atoms with Gasteiger partial charge >= 0.3 is 0 Å². The van der Waals surface area contributed by atoms with Crippen LogP contribution >= 0.6 is 46.6 Å². The highest BCUT2D eigenvalue weighted by molar-refractivity contribution is 8.18. The van der Waals surface area contributed by atoms with Gasteiger partial charge < -0.3 is 4.74 Å². The second-order valence-corrected chi connectivity index (χ2v) is 9.17. The molecule has 1 heterocycles. The molecule has 0 spiro atoms. The maximum Gasteiger partial charge on any atom is 0.293 e. The molecule has 8 heteroatoms. The molecule has 0 atom stereocenters. The third kappa shape index (κ3) is 5.13. The number of hydrogen-bond donors (Lipinski definition) is 0. The smallest absolute Gasteiger partial charge is 0.293 e. The first-order valence-electron chi connectivity index (χ1n) is 9.57. The van der Waals surface area contributed by atoms with E-state index in [1.807, 2.05) is 36.4 Å². The van der Waals surface area contributed by atoms with Gasteiger partial charge in [-0.2, -0.15) is 0 Å². The van der Waals surface area contributed by atoms with E-state index in [0.29, 0.717) is 43.5 Å². The minimum atomic E-state index is -0.400. The van der Waals surface area contributed by atoms with Crippen molar-refractivity contribution in [3.05, 3.63) is 103 Å². The monoisotopic (exact) mass is 503 g/mol. The maximum absolute atomic E-state index is 12.9. The van der Waals surface area contributed by atoms with E-state index in [4.69, 9.17) is 39.5 Å². The zero-order chi connectivity index (χ0) is 22.7. The number of carbonyl (C=O) groups is 2. The molecule has 3 aromatic carbocycles. The number of halogens is 3. The van der Waals surface area contributed by atoms with Crippen molar-refractivity contribution >= 4 is 63.8 Å². The Morgan fingerprint density at radius 2 is 1.56 bits per heavy atom. The molecule has 4 nitrogen and oxygen atoms in total. The van der Waals surface area contributed by atoms with E-state index in [9.17, 15) is 9.59 Å². The Morgan fingerprint density at radius 3 is 2.28 bits per heavy atom. The molecule has 1 aliphatic heterocycles. The Balaban J connectivity index is 1.53. The highest BCUT2D eigenvalue weighted by Gasteiger charge is 2.35. The minimum absolute atomic E-state index is 0.00915. The number of rotatable bonds is 6. The summed E-state index contributed by atoms with van der Waals surface area (Å²) in [6, 6.07) is 19.8. The first-order chi connectivity index (χ1) is 15.4. The summed E-state index contributed by atoms with van der Waals surface area (Å²) >= 11 is 19.2. The number of para-hydroxylation sites is 1. The van der Waals surface area contributed by atoms with E-state index in [0.717, 1.165) is 22.2 Å². The first kappa shape index (κ1) is 22.7. The molecule has 1 saturated heterocycles. The summed E-state index contributed by atoms with van der Waals surface area (Å²) in [4.78, 5) is 26.9. The minimum Gasteiger partial charge on any atom is -0.488 e. The maximum atomic E-state index is 12.9. The van der Waals surface area contributed by atoms with Gasteiger partial charge in [0.25, 0.3) is 11.1 Å². The molecule has 0 aromatic heterocycles. The molecule has 1 fully saturated rings. The molecule has 2 amide bonds. The van der Waals surface area contributed by atoms with Crippen LogP contribution in [0.2, 0.25) is 15.1 Å². The zero-order valence-electron chi connectivity index (χ0n) is 16.6. The summed E-state index contributed by atoms with van der Waals surface area (Å²) in [5, 5.41) is 1.09. The van der Waals surface area contributed by atoms with Gasteiger partial charge in [-0.3, -0.25) is 14.5 Å². The lowest BCUT2D eigenvalue weighted by Crippen LogP contribution is -2.27. The summed E-state index contributed by atoms with van der Waals surface area (Å²) < 4.78 is 5.95. The molecule has 0 aliphatic carbocycles. The van der Waals surface area contributed by atoms with Gasteiger partial charge in [0.1, 0.15) is 12.4 Å². The predicted molar refractivity (Wildman–Crippen MR) is 130 cm³/mol. The molecule has 0 bridgehead atoms. The molecule has 162 valence electrons. The third-order valence-electron chi connectivity index (χ3n) is 4.76. The van der Waals surface area contributed by atoms with Crippen LogP contribution in [-0.4, -0.2) is 16.0 Å².